The summed E-state index contributed by atoms with van der Waals surface area (Å²) in [5, 5.41) is 0. The maximum atomic E-state index is 12.3. The summed E-state index contributed by atoms with van der Waals surface area (Å²) >= 11 is 0. The number of hydrogen-bond acceptors (Lipinski definition) is 4. The predicted octanol–water partition coefficient (Wildman–Crippen LogP) is 1.20. The van der Waals surface area contributed by atoms with Crippen LogP contribution in [-0.2, 0) is 11.2 Å². The van der Waals surface area contributed by atoms with E-state index in [0.29, 0.717) is 37.1 Å². The molecule has 0 saturated heterocycles. The van der Waals surface area contributed by atoms with Crippen LogP contribution in [-0.4, -0.2) is 44.2 Å². The fourth-order valence-electron chi connectivity index (χ4n) is 2.30. The molecule has 1 amide bonds. The van der Waals surface area contributed by atoms with Crippen molar-refractivity contribution in [2.24, 2.45) is 5.73 Å². The van der Waals surface area contributed by atoms with Gasteiger partial charge in [0.15, 0.2) is 11.5 Å². The van der Waals surface area contributed by atoms with Gasteiger partial charge in [-0.2, -0.15) is 0 Å². The molecule has 0 aliphatic heterocycles. The number of nitrogens with two attached hydrogens (primary N) is 1. The molecule has 1 aliphatic carbocycles. The normalized spacial score (nSPS) is 13.9. The first kappa shape index (κ1) is 14.7. The lowest BCUT2D eigenvalue weighted by molar-refractivity contribution is -0.130. The van der Waals surface area contributed by atoms with E-state index in [-0.39, 0.29) is 5.91 Å². The van der Waals surface area contributed by atoms with Crippen LogP contribution in [0.4, 0.5) is 0 Å². The molecular formula is C15H22N2O3. The molecule has 1 fully saturated rings. The van der Waals surface area contributed by atoms with E-state index in [1.165, 1.54) is 0 Å². The molecule has 5 nitrogen and oxygen atoms in total. The average Bonchev–Trinajstić information content (AvgIpc) is 3.28. The number of carbonyl (C=O) groups excluding carboxylic acids is 1. The lowest BCUT2D eigenvalue weighted by atomic mass is 10.1. The molecule has 2 rings (SSSR count). The van der Waals surface area contributed by atoms with Gasteiger partial charge < -0.3 is 20.1 Å². The Morgan fingerprint density at radius 2 is 2.00 bits per heavy atom. The first-order valence-electron chi connectivity index (χ1n) is 6.90. The second-order valence-corrected chi connectivity index (χ2v) is 4.97. The second kappa shape index (κ2) is 6.61. The lowest BCUT2D eigenvalue weighted by Gasteiger charge is -2.21. The van der Waals surface area contributed by atoms with Gasteiger partial charge in [0.25, 0.3) is 0 Å². The van der Waals surface area contributed by atoms with Crippen LogP contribution >= 0.6 is 0 Å². The molecule has 0 radical (unpaired) electrons. The zero-order valence-corrected chi connectivity index (χ0v) is 12.1. The number of hydrogen-bond donors (Lipinski definition) is 1. The van der Waals surface area contributed by atoms with Gasteiger partial charge in [0, 0.05) is 19.1 Å². The number of amides is 1. The first-order chi connectivity index (χ1) is 9.69. The Morgan fingerprint density at radius 1 is 1.30 bits per heavy atom. The summed E-state index contributed by atoms with van der Waals surface area (Å²) in [5.41, 5.74) is 6.51. The number of methoxy groups -OCH3 is 2. The van der Waals surface area contributed by atoms with Crippen LogP contribution in [0.25, 0.3) is 0 Å². The van der Waals surface area contributed by atoms with E-state index < -0.39 is 0 Å². The van der Waals surface area contributed by atoms with E-state index in [2.05, 4.69) is 0 Å². The minimum Gasteiger partial charge on any atom is -0.493 e. The summed E-state index contributed by atoms with van der Waals surface area (Å²) in [7, 11) is 3.19. The SMILES string of the molecule is COc1ccc(CC(=O)N(CCN)C2CC2)cc1OC. The molecule has 1 aliphatic rings. The molecular weight excluding hydrogens is 256 g/mol. The van der Waals surface area contributed by atoms with Crippen molar-refractivity contribution in [1.29, 1.82) is 0 Å². The largest absolute Gasteiger partial charge is 0.493 e. The Morgan fingerprint density at radius 3 is 2.55 bits per heavy atom. The third-order valence-corrected chi connectivity index (χ3v) is 3.48. The van der Waals surface area contributed by atoms with Crippen LogP contribution in [0.1, 0.15) is 18.4 Å². The van der Waals surface area contributed by atoms with E-state index in [0.717, 1.165) is 18.4 Å². The summed E-state index contributed by atoms with van der Waals surface area (Å²) in [6, 6.07) is 5.97. The zero-order chi connectivity index (χ0) is 14.5. The van der Waals surface area contributed by atoms with Crippen molar-refractivity contribution in [1.82, 2.24) is 4.90 Å². The molecule has 0 unspecified atom stereocenters. The van der Waals surface area contributed by atoms with Gasteiger partial charge in [0.1, 0.15) is 0 Å². The summed E-state index contributed by atoms with van der Waals surface area (Å²) in [5.74, 6) is 1.45. The highest BCUT2D eigenvalue weighted by Crippen LogP contribution is 2.29. The summed E-state index contributed by atoms with van der Waals surface area (Å²) in [6.45, 7) is 1.14. The van der Waals surface area contributed by atoms with E-state index in [9.17, 15) is 4.79 Å². The molecule has 0 bridgehead atoms. The Bertz CT molecular complexity index is 472. The summed E-state index contributed by atoms with van der Waals surface area (Å²) in [4.78, 5) is 14.2. The Kier molecular flexibility index (Phi) is 4.84. The summed E-state index contributed by atoms with van der Waals surface area (Å²) < 4.78 is 10.4. The van der Waals surface area contributed by atoms with Crippen molar-refractivity contribution < 1.29 is 14.3 Å². The molecule has 1 aromatic rings. The highest BCUT2D eigenvalue weighted by atomic mass is 16.5. The first-order valence-corrected chi connectivity index (χ1v) is 6.90. The van der Waals surface area contributed by atoms with Gasteiger partial charge in [0.2, 0.25) is 5.91 Å². The minimum absolute atomic E-state index is 0.130. The van der Waals surface area contributed by atoms with Crippen molar-refractivity contribution in [3.05, 3.63) is 23.8 Å². The molecule has 1 aromatic carbocycles. The number of rotatable bonds is 7. The van der Waals surface area contributed by atoms with Gasteiger partial charge >= 0.3 is 0 Å². The van der Waals surface area contributed by atoms with Gasteiger partial charge in [-0.15, -0.1) is 0 Å². The number of ether oxygens (including phenoxy) is 2. The third-order valence-electron chi connectivity index (χ3n) is 3.48. The molecule has 2 N–H and O–H groups in total. The Balaban J connectivity index is 2.06. The van der Waals surface area contributed by atoms with Crippen LogP contribution in [0.2, 0.25) is 0 Å². The van der Waals surface area contributed by atoms with Crippen molar-refractivity contribution in [3.8, 4) is 11.5 Å². The molecule has 0 atom stereocenters. The van der Waals surface area contributed by atoms with Crippen molar-refractivity contribution >= 4 is 5.91 Å². The predicted molar refractivity (Wildman–Crippen MR) is 77.0 cm³/mol. The van der Waals surface area contributed by atoms with Crippen molar-refractivity contribution in [3.63, 3.8) is 0 Å². The average molecular weight is 278 g/mol. The number of benzene rings is 1. The van der Waals surface area contributed by atoms with Gasteiger partial charge in [-0.25, -0.2) is 0 Å². The highest BCUT2D eigenvalue weighted by molar-refractivity contribution is 5.79. The van der Waals surface area contributed by atoms with E-state index in [4.69, 9.17) is 15.2 Å². The van der Waals surface area contributed by atoms with Crippen molar-refractivity contribution in [2.45, 2.75) is 25.3 Å². The van der Waals surface area contributed by atoms with Crippen LogP contribution in [0.5, 0.6) is 11.5 Å². The number of carbonyl (C=O) groups is 1. The van der Waals surface area contributed by atoms with Crippen molar-refractivity contribution in [2.75, 3.05) is 27.3 Å². The number of nitrogens with zero attached hydrogens (tertiary/aromatic N) is 1. The maximum absolute atomic E-state index is 12.3. The fraction of sp³-hybridized carbons (Fsp3) is 0.533. The Labute approximate surface area is 119 Å². The molecule has 0 spiro atoms. The van der Waals surface area contributed by atoms with Gasteiger partial charge in [-0.05, 0) is 30.5 Å². The standard InChI is InChI=1S/C15H22N2O3/c1-19-13-6-3-11(9-14(13)20-2)10-15(18)17(8-7-16)12-4-5-12/h3,6,9,12H,4-5,7-8,10,16H2,1-2H3. The maximum Gasteiger partial charge on any atom is 0.227 e. The van der Waals surface area contributed by atoms with Crippen LogP contribution in [0.3, 0.4) is 0 Å². The van der Waals surface area contributed by atoms with E-state index >= 15 is 0 Å². The van der Waals surface area contributed by atoms with Crippen LogP contribution < -0.4 is 15.2 Å². The molecule has 5 heteroatoms. The van der Waals surface area contributed by atoms with Crippen LogP contribution in [0, 0.1) is 0 Å². The molecule has 110 valence electrons. The Hall–Kier alpha value is -1.75. The van der Waals surface area contributed by atoms with Gasteiger partial charge in [0.05, 0.1) is 20.6 Å². The van der Waals surface area contributed by atoms with Gasteiger partial charge in [-0.1, -0.05) is 6.07 Å². The van der Waals surface area contributed by atoms with E-state index in [1.54, 1.807) is 14.2 Å². The van der Waals surface area contributed by atoms with Gasteiger partial charge in [-0.3, -0.25) is 4.79 Å². The molecule has 20 heavy (non-hydrogen) atoms. The smallest absolute Gasteiger partial charge is 0.227 e. The quantitative estimate of drug-likeness (QED) is 0.814. The fourth-order valence-corrected chi connectivity index (χ4v) is 2.30. The monoisotopic (exact) mass is 278 g/mol. The molecule has 0 heterocycles. The lowest BCUT2D eigenvalue weighted by Crippen LogP contribution is -2.38. The van der Waals surface area contributed by atoms with Crippen LogP contribution in [0.15, 0.2) is 18.2 Å². The zero-order valence-electron chi connectivity index (χ0n) is 12.1. The molecule has 0 aromatic heterocycles. The van der Waals surface area contributed by atoms with E-state index in [1.807, 2.05) is 23.1 Å². The minimum atomic E-state index is 0.130. The highest BCUT2D eigenvalue weighted by Gasteiger charge is 2.31. The second-order valence-electron chi connectivity index (χ2n) is 4.97. The topological polar surface area (TPSA) is 64.8 Å². The summed E-state index contributed by atoms with van der Waals surface area (Å²) in [6.07, 6.45) is 2.56. The third kappa shape index (κ3) is 3.42. The molecule has 1 saturated carbocycles.